The highest BCUT2D eigenvalue weighted by Crippen LogP contribution is 2.18. The summed E-state index contributed by atoms with van der Waals surface area (Å²) in [4.78, 5) is 49.7. The quantitative estimate of drug-likeness (QED) is 0.278. The average Bonchev–Trinajstić information content (AvgIpc) is 2.90. The Morgan fingerprint density at radius 2 is 1.03 bits per heavy atom. The number of benzene rings is 3. The van der Waals surface area contributed by atoms with Crippen molar-refractivity contribution in [3.8, 4) is 0 Å². The summed E-state index contributed by atoms with van der Waals surface area (Å²) in [7, 11) is 0. The number of aldehydes is 1. The van der Waals surface area contributed by atoms with E-state index in [1.807, 2.05) is 0 Å². The molecule has 3 rings (SSSR count). The van der Waals surface area contributed by atoms with Crippen LogP contribution in [0.5, 0.6) is 0 Å². The van der Waals surface area contributed by atoms with Crippen molar-refractivity contribution in [2.75, 3.05) is 6.61 Å². The van der Waals surface area contributed by atoms with Gasteiger partial charge in [0.1, 0.15) is 0 Å². The lowest BCUT2D eigenvalue weighted by molar-refractivity contribution is -0.131. The first kappa shape index (κ1) is 24.3. The van der Waals surface area contributed by atoms with E-state index in [9.17, 15) is 24.3 Å². The Hall–Kier alpha value is -4.30. The van der Waals surface area contributed by atoms with Crippen LogP contribution < -0.4 is 0 Å². The van der Waals surface area contributed by atoms with Gasteiger partial charge < -0.3 is 19.3 Å². The zero-order valence-corrected chi connectivity index (χ0v) is 18.0. The second-order valence-corrected chi connectivity index (χ2v) is 7.10. The van der Waals surface area contributed by atoms with Gasteiger partial charge in [-0.15, -0.1) is 0 Å². The first-order valence-corrected chi connectivity index (χ1v) is 10.4. The Bertz CT molecular complexity index is 1100. The number of aliphatic hydroxyl groups excluding tert-OH is 1. The third-order valence-corrected chi connectivity index (χ3v) is 4.78. The van der Waals surface area contributed by atoms with Gasteiger partial charge in [-0.25, -0.2) is 14.4 Å². The van der Waals surface area contributed by atoms with Gasteiger partial charge in [0.15, 0.2) is 24.6 Å². The van der Waals surface area contributed by atoms with E-state index in [1.54, 1.807) is 54.6 Å². The maximum absolute atomic E-state index is 12.7. The lowest BCUT2D eigenvalue weighted by Crippen LogP contribution is -2.48. The van der Waals surface area contributed by atoms with Gasteiger partial charge in [-0.2, -0.15) is 0 Å². The Morgan fingerprint density at radius 3 is 1.41 bits per heavy atom. The molecule has 174 valence electrons. The summed E-state index contributed by atoms with van der Waals surface area (Å²) in [6.45, 7) is -0.807. The molecule has 0 bridgehead atoms. The van der Waals surface area contributed by atoms with Crippen LogP contribution >= 0.6 is 0 Å². The number of carbonyl (C=O) groups excluding carboxylic acids is 4. The largest absolute Gasteiger partial charge is 0.452 e. The highest BCUT2D eigenvalue weighted by molar-refractivity contribution is 5.92. The van der Waals surface area contributed by atoms with E-state index in [2.05, 4.69) is 0 Å². The van der Waals surface area contributed by atoms with Gasteiger partial charge in [-0.1, -0.05) is 54.6 Å². The van der Waals surface area contributed by atoms with E-state index in [4.69, 9.17) is 14.2 Å². The van der Waals surface area contributed by atoms with E-state index < -0.39 is 42.8 Å². The molecule has 8 nitrogen and oxygen atoms in total. The van der Waals surface area contributed by atoms with Crippen LogP contribution in [0.1, 0.15) is 31.1 Å². The van der Waals surface area contributed by atoms with Crippen molar-refractivity contribution < 1.29 is 38.5 Å². The highest BCUT2D eigenvalue weighted by atomic mass is 16.6. The molecule has 0 radical (unpaired) electrons. The molecule has 0 aliphatic carbocycles. The molecule has 0 saturated heterocycles. The van der Waals surface area contributed by atoms with Crippen LogP contribution in [0.25, 0.3) is 0 Å². The SMILES string of the molecule is O=C[C@@H](OC(=O)c1ccccc1)[C@H](OC(=O)c1ccccc1)[C@@H](CO)OC(=O)c1ccccc1. The minimum absolute atomic E-state index is 0.151. The number of ether oxygens (including phenoxy) is 3. The van der Waals surface area contributed by atoms with E-state index in [0.29, 0.717) is 0 Å². The zero-order chi connectivity index (χ0) is 24.3. The van der Waals surface area contributed by atoms with Crippen LogP contribution in [-0.2, 0) is 19.0 Å². The molecular weight excluding hydrogens is 440 g/mol. The lowest BCUT2D eigenvalue weighted by atomic mass is 10.1. The molecule has 0 spiro atoms. The van der Waals surface area contributed by atoms with Crippen molar-refractivity contribution in [2.24, 2.45) is 0 Å². The normalized spacial score (nSPS) is 13.1. The minimum atomic E-state index is -1.67. The molecule has 34 heavy (non-hydrogen) atoms. The molecule has 8 heteroatoms. The predicted molar refractivity (Wildman–Crippen MR) is 120 cm³/mol. The molecule has 0 fully saturated rings. The molecule has 0 saturated carbocycles. The molecule has 1 N–H and O–H groups in total. The summed E-state index contributed by atoms with van der Waals surface area (Å²) in [6.07, 6.45) is -4.53. The van der Waals surface area contributed by atoms with Crippen molar-refractivity contribution in [3.63, 3.8) is 0 Å². The van der Waals surface area contributed by atoms with Crippen LogP contribution in [-0.4, -0.2) is 54.2 Å². The van der Waals surface area contributed by atoms with Gasteiger partial charge in [-0.3, -0.25) is 4.79 Å². The van der Waals surface area contributed by atoms with Gasteiger partial charge in [0.2, 0.25) is 0 Å². The Balaban J connectivity index is 1.87. The van der Waals surface area contributed by atoms with Gasteiger partial charge >= 0.3 is 17.9 Å². The Labute approximate surface area is 195 Å². The molecule has 0 heterocycles. The molecule has 3 atom stereocenters. The second kappa shape index (κ2) is 12.1. The van der Waals surface area contributed by atoms with Crippen molar-refractivity contribution in [2.45, 2.75) is 18.3 Å². The van der Waals surface area contributed by atoms with Crippen molar-refractivity contribution in [1.82, 2.24) is 0 Å². The van der Waals surface area contributed by atoms with Crippen LogP contribution in [0, 0.1) is 0 Å². The second-order valence-electron chi connectivity index (χ2n) is 7.10. The van der Waals surface area contributed by atoms with Crippen molar-refractivity contribution >= 4 is 24.2 Å². The summed E-state index contributed by atoms with van der Waals surface area (Å²) in [6, 6.07) is 23.7. The van der Waals surface area contributed by atoms with Gasteiger partial charge in [-0.05, 0) is 36.4 Å². The number of hydrogen-bond donors (Lipinski definition) is 1. The predicted octanol–water partition coefficient (Wildman–Crippen LogP) is 2.85. The van der Waals surface area contributed by atoms with E-state index in [0.717, 1.165) is 0 Å². The Kier molecular flexibility index (Phi) is 8.65. The maximum Gasteiger partial charge on any atom is 0.338 e. The number of aliphatic hydroxyl groups is 1. The number of esters is 3. The average molecular weight is 462 g/mol. The maximum atomic E-state index is 12.7. The fraction of sp³-hybridized carbons (Fsp3) is 0.154. The van der Waals surface area contributed by atoms with Gasteiger partial charge in [0, 0.05) is 0 Å². The fourth-order valence-electron chi connectivity index (χ4n) is 3.05. The van der Waals surface area contributed by atoms with Gasteiger partial charge in [0.25, 0.3) is 0 Å². The third-order valence-electron chi connectivity index (χ3n) is 4.78. The summed E-state index contributed by atoms with van der Waals surface area (Å²) in [5, 5.41) is 9.95. The van der Waals surface area contributed by atoms with Crippen molar-refractivity contribution in [3.05, 3.63) is 108 Å². The first-order valence-electron chi connectivity index (χ1n) is 10.4. The van der Waals surface area contributed by atoms with Crippen LogP contribution in [0.4, 0.5) is 0 Å². The summed E-state index contributed by atoms with van der Waals surface area (Å²) in [5.41, 5.74) is 0.486. The molecule has 0 aliphatic heterocycles. The highest BCUT2D eigenvalue weighted by Gasteiger charge is 2.38. The molecule has 0 aliphatic rings. The fourth-order valence-corrected chi connectivity index (χ4v) is 3.05. The number of hydrogen-bond acceptors (Lipinski definition) is 8. The third kappa shape index (κ3) is 6.36. The van der Waals surface area contributed by atoms with Crippen molar-refractivity contribution in [1.29, 1.82) is 0 Å². The standard InChI is InChI=1S/C26H22O8/c27-16-21(32-24(29)18-10-4-1-5-11-18)23(34-26(31)20-14-8-3-9-15-20)22(17-28)33-25(30)19-12-6-2-7-13-19/h1-16,21-23,28H,17H2/t21-,22-,23+/m1/s1. The lowest BCUT2D eigenvalue weighted by Gasteiger charge is -2.29. The van der Waals surface area contributed by atoms with E-state index in [-0.39, 0.29) is 23.0 Å². The van der Waals surface area contributed by atoms with Crippen LogP contribution in [0.15, 0.2) is 91.0 Å². The summed E-state index contributed by atoms with van der Waals surface area (Å²) < 4.78 is 16.0. The molecular formula is C26H22O8. The topological polar surface area (TPSA) is 116 Å². The molecule has 0 unspecified atom stereocenters. The number of carbonyl (C=O) groups is 4. The van der Waals surface area contributed by atoms with E-state index in [1.165, 1.54) is 36.4 Å². The molecule has 0 amide bonds. The molecule has 3 aromatic rings. The molecule has 0 aromatic heterocycles. The van der Waals surface area contributed by atoms with Crippen LogP contribution in [0.2, 0.25) is 0 Å². The summed E-state index contributed by atoms with van der Waals surface area (Å²) >= 11 is 0. The monoisotopic (exact) mass is 462 g/mol. The minimum Gasteiger partial charge on any atom is -0.452 e. The number of rotatable bonds is 10. The zero-order valence-electron chi connectivity index (χ0n) is 18.0. The first-order chi connectivity index (χ1) is 16.5. The molecule has 3 aromatic carbocycles. The van der Waals surface area contributed by atoms with Gasteiger partial charge in [0.05, 0.1) is 23.3 Å². The summed E-state index contributed by atoms with van der Waals surface area (Å²) in [5.74, 6) is -2.54. The van der Waals surface area contributed by atoms with E-state index >= 15 is 0 Å². The Morgan fingerprint density at radius 1 is 0.647 bits per heavy atom. The smallest absolute Gasteiger partial charge is 0.338 e. The van der Waals surface area contributed by atoms with Crippen LogP contribution in [0.3, 0.4) is 0 Å².